The van der Waals surface area contributed by atoms with Crippen molar-refractivity contribution in [3.05, 3.63) is 0 Å². The van der Waals surface area contributed by atoms with Crippen LogP contribution >= 0.6 is 0 Å². The fourth-order valence-corrected chi connectivity index (χ4v) is 5.83. The predicted molar refractivity (Wildman–Crippen MR) is 85.6 cm³/mol. The number of hydrogen-bond donors (Lipinski definition) is 2. The van der Waals surface area contributed by atoms with Crippen LogP contribution in [0.4, 0.5) is 0 Å². The molecular weight excluding hydrogens is 292 g/mol. The molecule has 2 N–H and O–H groups in total. The van der Waals surface area contributed by atoms with E-state index in [4.69, 9.17) is 4.74 Å². The van der Waals surface area contributed by atoms with E-state index in [1.165, 1.54) is 19.3 Å². The lowest BCUT2D eigenvalue weighted by Crippen LogP contribution is -2.54. The summed E-state index contributed by atoms with van der Waals surface area (Å²) in [5.41, 5.74) is -0.163. The average molecular weight is 320 g/mol. The molecule has 0 aromatic heterocycles. The van der Waals surface area contributed by atoms with Gasteiger partial charge in [-0.1, -0.05) is 0 Å². The first kappa shape index (κ1) is 15.4. The number of carbonyl (C=O) groups is 2. The SMILES string of the molecule is O=C(CNC(=O)C12CC3CC(CC(C3)C1)C2)NCC1CCCO1. The Hall–Kier alpha value is -1.10. The molecule has 4 bridgehead atoms. The van der Waals surface area contributed by atoms with Crippen LogP contribution in [0.15, 0.2) is 0 Å². The quantitative estimate of drug-likeness (QED) is 0.809. The first-order valence-corrected chi connectivity index (χ1v) is 9.29. The monoisotopic (exact) mass is 320 g/mol. The lowest BCUT2D eigenvalue weighted by atomic mass is 9.49. The van der Waals surface area contributed by atoms with E-state index >= 15 is 0 Å². The van der Waals surface area contributed by atoms with Crippen molar-refractivity contribution in [1.82, 2.24) is 10.6 Å². The standard InChI is InChI=1S/C18H28N2O3/c21-16(19-10-15-2-1-3-23-15)11-20-17(22)18-7-12-4-13(8-18)6-14(5-12)9-18/h12-15H,1-11H2,(H,19,21)(H,20,22). The van der Waals surface area contributed by atoms with Gasteiger partial charge in [0.05, 0.1) is 12.6 Å². The van der Waals surface area contributed by atoms with E-state index < -0.39 is 0 Å². The van der Waals surface area contributed by atoms with Crippen molar-refractivity contribution in [2.45, 2.75) is 57.5 Å². The number of nitrogens with one attached hydrogen (secondary N) is 2. The van der Waals surface area contributed by atoms with Gasteiger partial charge in [-0.15, -0.1) is 0 Å². The first-order chi connectivity index (χ1) is 11.1. The van der Waals surface area contributed by atoms with E-state index in [0.29, 0.717) is 6.54 Å². The van der Waals surface area contributed by atoms with Crippen LogP contribution in [0.25, 0.3) is 0 Å². The van der Waals surface area contributed by atoms with Crippen LogP contribution in [0, 0.1) is 23.2 Å². The van der Waals surface area contributed by atoms with Crippen LogP contribution in [0.1, 0.15) is 51.4 Å². The molecule has 0 radical (unpaired) electrons. The summed E-state index contributed by atoms with van der Waals surface area (Å²) >= 11 is 0. The van der Waals surface area contributed by atoms with Gasteiger partial charge in [0, 0.05) is 18.6 Å². The molecule has 4 saturated carbocycles. The highest BCUT2D eigenvalue weighted by Gasteiger charge is 2.54. The topological polar surface area (TPSA) is 67.4 Å². The number of hydrogen-bond acceptors (Lipinski definition) is 3. The smallest absolute Gasteiger partial charge is 0.239 e. The Balaban J connectivity index is 1.26. The third kappa shape index (κ3) is 3.12. The summed E-state index contributed by atoms with van der Waals surface area (Å²) in [5, 5.41) is 5.80. The Morgan fingerprint density at radius 1 is 1.00 bits per heavy atom. The summed E-state index contributed by atoms with van der Waals surface area (Å²) in [4.78, 5) is 24.7. The van der Waals surface area contributed by atoms with E-state index in [-0.39, 0.29) is 29.9 Å². The zero-order valence-corrected chi connectivity index (χ0v) is 13.8. The molecule has 1 heterocycles. The molecule has 1 aliphatic heterocycles. The zero-order chi connectivity index (χ0) is 15.9. The van der Waals surface area contributed by atoms with Crippen LogP contribution in [0.2, 0.25) is 0 Å². The minimum Gasteiger partial charge on any atom is -0.376 e. The van der Waals surface area contributed by atoms with Gasteiger partial charge in [0.1, 0.15) is 0 Å². The molecule has 0 aromatic rings. The molecule has 1 atom stereocenters. The minimum atomic E-state index is -0.163. The minimum absolute atomic E-state index is 0.0985. The van der Waals surface area contributed by atoms with Crippen molar-refractivity contribution < 1.29 is 14.3 Å². The van der Waals surface area contributed by atoms with Gasteiger partial charge in [-0.05, 0) is 69.1 Å². The first-order valence-electron chi connectivity index (χ1n) is 9.29. The molecule has 1 unspecified atom stereocenters. The van der Waals surface area contributed by atoms with Crippen LogP contribution in [0.5, 0.6) is 0 Å². The summed E-state index contributed by atoms with van der Waals surface area (Å²) in [6.45, 7) is 1.46. The highest BCUT2D eigenvalue weighted by molar-refractivity contribution is 5.88. The largest absolute Gasteiger partial charge is 0.376 e. The van der Waals surface area contributed by atoms with Crippen LogP contribution in [0.3, 0.4) is 0 Å². The Kier molecular flexibility index (Phi) is 4.08. The van der Waals surface area contributed by atoms with Gasteiger partial charge in [0.2, 0.25) is 11.8 Å². The second-order valence-corrected chi connectivity index (χ2v) is 8.32. The summed E-state index contributed by atoms with van der Waals surface area (Å²) < 4.78 is 5.49. The fraction of sp³-hybridized carbons (Fsp3) is 0.889. The summed E-state index contributed by atoms with van der Waals surface area (Å²) in [5.74, 6) is 2.28. The fourth-order valence-electron chi connectivity index (χ4n) is 5.83. The predicted octanol–water partition coefficient (Wildman–Crippen LogP) is 1.61. The summed E-state index contributed by atoms with van der Waals surface area (Å²) in [7, 11) is 0. The van der Waals surface area contributed by atoms with Crippen molar-refractivity contribution in [2.75, 3.05) is 19.7 Å². The van der Waals surface area contributed by atoms with Gasteiger partial charge >= 0.3 is 0 Å². The number of rotatable bonds is 5. The highest BCUT2D eigenvalue weighted by atomic mass is 16.5. The Morgan fingerprint density at radius 2 is 1.65 bits per heavy atom. The van der Waals surface area contributed by atoms with Gasteiger partial charge in [-0.3, -0.25) is 9.59 Å². The van der Waals surface area contributed by atoms with Gasteiger partial charge in [0.25, 0.3) is 0 Å². The van der Waals surface area contributed by atoms with E-state index in [9.17, 15) is 9.59 Å². The molecule has 5 aliphatic rings. The third-order valence-corrected chi connectivity index (χ3v) is 6.48. The summed E-state index contributed by atoms with van der Waals surface area (Å²) in [6.07, 6.45) is 9.35. The molecule has 5 fully saturated rings. The normalized spacial score (nSPS) is 41.0. The van der Waals surface area contributed by atoms with Crippen molar-refractivity contribution in [3.63, 3.8) is 0 Å². The maximum absolute atomic E-state index is 12.7. The molecule has 1 saturated heterocycles. The molecule has 0 spiro atoms. The van der Waals surface area contributed by atoms with Gasteiger partial charge in [-0.25, -0.2) is 0 Å². The van der Waals surface area contributed by atoms with Gasteiger partial charge in [-0.2, -0.15) is 0 Å². The lowest BCUT2D eigenvalue weighted by Gasteiger charge is -2.55. The van der Waals surface area contributed by atoms with Crippen LogP contribution in [-0.4, -0.2) is 37.6 Å². The zero-order valence-electron chi connectivity index (χ0n) is 13.8. The van der Waals surface area contributed by atoms with Crippen molar-refractivity contribution >= 4 is 11.8 Å². The van der Waals surface area contributed by atoms with E-state index in [2.05, 4.69) is 10.6 Å². The summed E-state index contributed by atoms with van der Waals surface area (Å²) in [6, 6.07) is 0. The molecule has 4 aliphatic carbocycles. The molecule has 23 heavy (non-hydrogen) atoms. The average Bonchev–Trinajstić information content (AvgIpc) is 3.02. The Morgan fingerprint density at radius 3 is 2.22 bits per heavy atom. The van der Waals surface area contributed by atoms with Crippen molar-refractivity contribution in [1.29, 1.82) is 0 Å². The second kappa shape index (κ2) is 6.08. The van der Waals surface area contributed by atoms with Gasteiger partial charge < -0.3 is 15.4 Å². The van der Waals surface area contributed by atoms with Crippen LogP contribution < -0.4 is 10.6 Å². The maximum atomic E-state index is 12.7. The highest BCUT2D eigenvalue weighted by Crippen LogP contribution is 2.60. The third-order valence-electron chi connectivity index (χ3n) is 6.48. The van der Waals surface area contributed by atoms with Crippen molar-refractivity contribution in [2.24, 2.45) is 23.2 Å². The molecule has 2 amide bonds. The molecule has 5 rings (SSSR count). The van der Waals surface area contributed by atoms with E-state index in [1.807, 2.05) is 0 Å². The lowest BCUT2D eigenvalue weighted by molar-refractivity contribution is -0.147. The number of ether oxygens (including phenoxy) is 1. The van der Waals surface area contributed by atoms with Crippen LogP contribution in [-0.2, 0) is 14.3 Å². The second-order valence-electron chi connectivity index (χ2n) is 8.32. The number of carbonyl (C=O) groups excluding carboxylic acids is 2. The molecule has 128 valence electrons. The molecule has 0 aromatic carbocycles. The molecular formula is C18H28N2O3. The van der Waals surface area contributed by atoms with E-state index in [0.717, 1.165) is 56.5 Å². The van der Waals surface area contributed by atoms with E-state index in [1.54, 1.807) is 0 Å². The Labute approximate surface area is 137 Å². The van der Waals surface area contributed by atoms with Gasteiger partial charge in [0.15, 0.2) is 0 Å². The molecule has 5 heteroatoms. The number of amides is 2. The Bertz CT molecular complexity index is 449. The van der Waals surface area contributed by atoms with Crippen molar-refractivity contribution in [3.8, 4) is 0 Å². The molecule has 5 nitrogen and oxygen atoms in total. The maximum Gasteiger partial charge on any atom is 0.239 e.